The van der Waals surface area contributed by atoms with Crippen LogP contribution in [-0.4, -0.2) is 42.5 Å². The third-order valence-electron chi connectivity index (χ3n) is 6.42. The zero-order chi connectivity index (χ0) is 24.3. The smallest absolute Gasteiger partial charge is 0.242 e. The quantitative estimate of drug-likeness (QED) is 0.472. The monoisotopic (exact) mass is 466 g/mol. The summed E-state index contributed by atoms with van der Waals surface area (Å²) in [4.78, 5) is 28.0. The highest BCUT2D eigenvalue weighted by Gasteiger charge is 2.27. The first kappa shape index (κ1) is 25.6. The summed E-state index contributed by atoms with van der Waals surface area (Å²) in [6.07, 6.45) is 6.48. The fourth-order valence-electron chi connectivity index (χ4n) is 4.39. The Labute approximate surface area is 203 Å². The van der Waals surface area contributed by atoms with E-state index in [2.05, 4.69) is 11.4 Å². The first-order valence-electron chi connectivity index (χ1n) is 12.4. The van der Waals surface area contributed by atoms with Crippen molar-refractivity contribution < 1.29 is 19.1 Å². The van der Waals surface area contributed by atoms with Crippen molar-refractivity contribution in [2.45, 2.75) is 77.4 Å². The van der Waals surface area contributed by atoms with Crippen LogP contribution < -0.4 is 14.8 Å². The molecule has 0 spiro atoms. The van der Waals surface area contributed by atoms with Crippen molar-refractivity contribution in [3.63, 3.8) is 0 Å². The highest BCUT2D eigenvalue weighted by atomic mass is 16.5. The largest absolute Gasteiger partial charge is 0.497 e. The molecule has 6 nitrogen and oxygen atoms in total. The Hall–Kier alpha value is -3.02. The van der Waals surface area contributed by atoms with Crippen LogP contribution in [0.4, 0.5) is 0 Å². The molecule has 2 aromatic rings. The lowest BCUT2D eigenvalue weighted by Gasteiger charge is -2.31. The number of nitrogens with one attached hydrogen (secondary N) is 1. The fourth-order valence-corrected chi connectivity index (χ4v) is 4.39. The average Bonchev–Trinajstić information content (AvgIpc) is 2.85. The van der Waals surface area contributed by atoms with Crippen LogP contribution in [0, 0.1) is 6.92 Å². The number of carbonyl (C=O) groups is 2. The first-order chi connectivity index (χ1) is 16.5. The molecule has 34 heavy (non-hydrogen) atoms. The molecule has 1 aliphatic rings. The molecule has 1 atom stereocenters. The molecule has 0 bridgehead atoms. The summed E-state index contributed by atoms with van der Waals surface area (Å²) in [6, 6.07) is 15.2. The Morgan fingerprint density at radius 3 is 2.44 bits per heavy atom. The van der Waals surface area contributed by atoms with Gasteiger partial charge in [-0.1, -0.05) is 49.1 Å². The highest BCUT2D eigenvalue weighted by Crippen LogP contribution is 2.20. The molecule has 1 aliphatic carbocycles. The summed E-state index contributed by atoms with van der Waals surface area (Å²) in [5.41, 5.74) is 2.16. The minimum absolute atomic E-state index is 0.0360. The van der Waals surface area contributed by atoms with E-state index in [1.54, 1.807) is 12.0 Å². The summed E-state index contributed by atoms with van der Waals surface area (Å²) in [6.45, 7) is 4.71. The van der Waals surface area contributed by atoms with Crippen LogP contribution in [0.15, 0.2) is 48.5 Å². The molecule has 2 aromatic carbocycles. The van der Waals surface area contributed by atoms with Crippen LogP contribution in [-0.2, 0) is 16.1 Å². The molecule has 0 unspecified atom stereocenters. The van der Waals surface area contributed by atoms with E-state index in [0.717, 1.165) is 48.3 Å². The zero-order valence-electron chi connectivity index (χ0n) is 20.7. The second-order valence-corrected chi connectivity index (χ2v) is 9.16. The number of methoxy groups -OCH3 is 1. The number of benzene rings is 2. The molecule has 184 valence electrons. The molecule has 0 saturated heterocycles. The molecule has 6 heteroatoms. The van der Waals surface area contributed by atoms with Gasteiger partial charge in [-0.15, -0.1) is 0 Å². The normalized spacial score (nSPS) is 14.8. The van der Waals surface area contributed by atoms with Gasteiger partial charge < -0.3 is 19.7 Å². The van der Waals surface area contributed by atoms with E-state index >= 15 is 0 Å². The predicted molar refractivity (Wildman–Crippen MR) is 134 cm³/mol. The Balaban J connectivity index is 1.58. The average molecular weight is 467 g/mol. The third kappa shape index (κ3) is 7.79. The standard InChI is InChI=1S/C28H38N2O4/c1-21-9-7-10-23(19-21)20-30(22(2)28(32)29-24-11-5-4-6-12-24)27(31)13-8-18-34-26-16-14-25(33-3)15-17-26/h7,9-10,14-17,19,22,24H,4-6,8,11-13,18,20H2,1-3H3,(H,29,32)/t22-/m1/s1. The van der Waals surface area contributed by atoms with Gasteiger partial charge >= 0.3 is 0 Å². The Morgan fingerprint density at radius 2 is 1.76 bits per heavy atom. The van der Waals surface area contributed by atoms with Crippen LogP contribution in [0.1, 0.15) is 63.0 Å². The summed E-state index contributed by atoms with van der Waals surface area (Å²) in [5, 5.41) is 3.18. The second kappa shape index (κ2) is 13.0. The van der Waals surface area contributed by atoms with Gasteiger partial charge in [-0.25, -0.2) is 0 Å². The van der Waals surface area contributed by atoms with Crippen molar-refractivity contribution in [3.8, 4) is 11.5 Å². The van der Waals surface area contributed by atoms with E-state index in [9.17, 15) is 9.59 Å². The molecule has 0 heterocycles. The topological polar surface area (TPSA) is 67.9 Å². The molecular weight excluding hydrogens is 428 g/mol. The SMILES string of the molecule is COc1ccc(OCCCC(=O)N(Cc2cccc(C)c2)[C@H](C)C(=O)NC2CCCCC2)cc1. The Kier molecular flexibility index (Phi) is 9.80. The lowest BCUT2D eigenvalue weighted by molar-refractivity contribution is -0.141. The van der Waals surface area contributed by atoms with E-state index in [-0.39, 0.29) is 17.9 Å². The van der Waals surface area contributed by atoms with Crippen LogP contribution in [0.25, 0.3) is 0 Å². The summed E-state index contributed by atoms with van der Waals surface area (Å²) in [5.74, 6) is 1.41. The van der Waals surface area contributed by atoms with Crippen LogP contribution >= 0.6 is 0 Å². The lowest BCUT2D eigenvalue weighted by Crippen LogP contribution is -2.50. The maximum Gasteiger partial charge on any atom is 0.242 e. The van der Waals surface area contributed by atoms with Gasteiger partial charge in [0.15, 0.2) is 0 Å². The van der Waals surface area contributed by atoms with Gasteiger partial charge in [-0.05, 0) is 62.9 Å². The second-order valence-electron chi connectivity index (χ2n) is 9.16. The molecule has 0 aromatic heterocycles. The van der Waals surface area contributed by atoms with Crippen molar-refractivity contribution >= 4 is 11.8 Å². The number of hydrogen-bond acceptors (Lipinski definition) is 4. The molecule has 0 radical (unpaired) electrons. The van der Waals surface area contributed by atoms with E-state index in [4.69, 9.17) is 9.47 Å². The number of aryl methyl sites for hydroxylation is 1. The number of hydrogen-bond donors (Lipinski definition) is 1. The van der Waals surface area contributed by atoms with E-state index in [1.165, 1.54) is 6.42 Å². The van der Waals surface area contributed by atoms with Crippen molar-refractivity contribution in [3.05, 3.63) is 59.7 Å². The number of ether oxygens (including phenoxy) is 2. The van der Waals surface area contributed by atoms with Gasteiger partial charge in [0.05, 0.1) is 13.7 Å². The zero-order valence-corrected chi connectivity index (χ0v) is 20.7. The van der Waals surface area contributed by atoms with Crippen molar-refractivity contribution in [1.29, 1.82) is 0 Å². The highest BCUT2D eigenvalue weighted by molar-refractivity contribution is 5.87. The van der Waals surface area contributed by atoms with Crippen LogP contribution in [0.5, 0.6) is 11.5 Å². The van der Waals surface area contributed by atoms with Crippen molar-refractivity contribution in [2.75, 3.05) is 13.7 Å². The van der Waals surface area contributed by atoms with E-state index in [0.29, 0.717) is 26.0 Å². The minimum atomic E-state index is -0.530. The number of nitrogens with zero attached hydrogens (tertiary/aromatic N) is 1. The molecule has 1 saturated carbocycles. The van der Waals surface area contributed by atoms with E-state index < -0.39 is 6.04 Å². The maximum absolute atomic E-state index is 13.2. The molecular formula is C28H38N2O4. The van der Waals surface area contributed by atoms with Crippen molar-refractivity contribution in [2.24, 2.45) is 0 Å². The summed E-state index contributed by atoms with van der Waals surface area (Å²) >= 11 is 0. The number of carbonyl (C=O) groups excluding carboxylic acids is 2. The molecule has 0 aliphatic heterocycles. The maximum atomic E-state index is 13.2. The van der Waals surface area contributed by atoms with Crippen LogP contribution in [0.2, 0.25) is 0 Å². The lowest BCUT2D eigenvalue weighted by atomic mass is 9.95. The molecule has 3 rings (SSSR count). The predicted octanol–water partition coefficient (Wildman–Crippen LogP) is 5.03. The third-order valence-corrected chi connectivity index (χ3v) is 6.42. The fraction of sp³-hybridized carbons (Fsp3) is 0.500. The molecule has 2 amide bonds. The van der Waals surface area contributed by atoms with Crippen molar-refractivity contribution in [1.82, 2.24) is 10.2 Å². The van der Waals surface area contributed by atoms with Crippen LogP contribution in [0.3, 0.4) is 0 Å². The van der Waals surface area contributed by atoms with Gasteiger partial charge in [0, 0.05) is 19.0 Å². The van der Waals surface area contributed by atoms with E-state index in [1.807, 2.05) is 56.3 Å². The van der Waals surface area contributed by atoms with Gasteiger partial charge in [-0.3, -0.25) is 9.59 Å². The summed E-state index contributed by atoms with van der Waals surface area (Å²) in [7, 11) is 1.63. The summed E-state index contributed by atoms with van der Waals surface area (Å²) < 4.78 is 10.9. The number of amides is 2. The van der Waals surface area contributed by atoms with Gasteiger partial charge in [0.1, 0.15) is 17.5 Å². The number of rotatable bonds is 11. The molecule has 1 fully saturated rings. The van der Waals surface area contributed by atoms with Gasteiger partial charge in [0.25, 0.3) is 0 Å². The minimum Gasteiger partial charge on any atom is -0.497 e. The first-order valence-corrected chi connectivity index (χ1v) is 12.4. The molecule has 1 N–H and O–H groups in total. The van der Waals surface area contributed by atoms with Gasteiger partial charge in [-0.2, -0.15) is 0 Å². The Bertz CT molecular complexity index is 922. The van der Waals surface area contributed by atoms with Gasteiger partial charge in [0.2, 0.25) is 11.8 Å². The Morgan fingerprint density at radius 1 is 1.06 bits per heavy atom.